The van der Waals surface area contributed by atoms with Crippen LogP contribution in [0.3, 0.4) is 0 Å². The summed E-state index contributed by atoms with van der Waals surface area (Å²) in [7, 11) is 3.09. The number of pyridine rings is 1. The number of aromatic nitrogens is 1. The third-order valence-electron chi connectivity index (χ3n) is 6.24. The molecule has 31 heavy (non-hydrogen) atoms. The highest BCUT2D eigenvalue weighted by Crippen LogP contribution is 2.52. The Morgan fingerprint density at radius 2 is 2.19 bits per heavy atom. The van der Waals surface area contributed by atoms with Gasteiger partial charge in [-0.1, -0.05) is 18.2 Å². The van der Waals surface area contributed by atoms with Crippen molar-refractivity contribution in [1.82, 2.24) is 9.88 Å². The molecule has 0 aliphatic carbocycles. The van der Waals surface area contributed by atoms with E-state index in [0.29, 0.717) is 30.3 Å². The van der Waals surface area contributed by atoms with E-state index in [4.69, 9.17) is 14.2 Å². The van der Waals surface area contributed by atoms with Crippen LogP contribution in [0, 0.1) is 11.8 Å². The number of likely N-dealkylation sites (tertiary alicyclic amines) is 1. The number of ether oxygens (including phenoxy) is 3. The number of rotatable bonds is 6. The summed E-state index contributed by atoms with van der Waals surface area (Å²) in [5, 5.41) is 2.92. The Kier molecular flexibility index (Phi) is 4.66. The molecule has 8 heteroatoms. The van der Waals surface area contributed by atoms with Crippen LogP contribution in [0.1, 0.15) is 5.56 Å². The Morgan fingerprint density at radius 1 is 1.32 bits per heavy atom. The van der Waals surface area contributed by atoms with E-state index in [-0.39, 0.29) is 11.8 Å². The van der Waals surface area contributed by atoms with Crippen molar-refractivity contribution in [3.8, 4) is 11.5 Å². The monoisotopic (exact) mass is 421 g/mol. The number of carbonyl (C=O) groups is 2. The summed E-state index contributed by atoms with van der Waals surface area (Å²) in [6, 6.07) is 8.94. The zero-order chi connectivity index (χ0) is 21.6. The molecule has 160 valence electrons. The first-order valence-corrected chi connectivity index (χ1v) is 10.1. The molecule has 1 N–H and O–H groups in total. The Bertz CT molecular complexity index is 1060. The van der Waals surface area contributed by atoms with Crippen molar-refractivity contribution in [3.05, 3.63) is 60.4 Å². The van der Waals surface area contributed by atoms with E-state index in [9.17, 15) is 9.59 Å². The molecule has 0 unspecified atom stereocenters. The van der Waals surface area contributed by atoms with Gasteiger partial charge in [0, 0.05) is 25.0 Å². The molecule has 2 bridgehead atoms. The number of hydrogen-bond donors (Lipinski definition) is 1. The molecule has 3 aliphatic heterocycles. The molecule has 8 nitrogen and oxygen atoms in total. The third kappa shape index (κ3) is 3.14. The van der Waals surface area contributed by atoms with Crippen LogP contribution < -0.4 is 14.8 Å². The third-order valence-corrected chi connectivity index (χ3v) is 6.24. The van der Waals surface area contributed by atoms with Crippen LogP contribution in [-0.4, -0.2) is 54.2 Å². The van der Waals surface area contributed by atoms with Crippen molar-refractivity contribution in [2.75, 3.05) is 26.1 Å². The van der Waals surface area contributed by atoms with Crippen LogP contribution in [0.15, 0.2) is 54.9 Å². The predicted octanol–water partition coefficient (Wildman–Crippen LogP) is 2.02. The molecule has 2 amide bonds. The summed E-state index contributed by atoms with van der Waals surface area (Å²) < 4.78 is 16.8. The second-order valence-corrected chi connectivity index (χ2v) is 8.01. The second-order valence-electron chi connectivity index (χ2n) is 8.01. The van der Waals surface area contributed by atoms with Crippen molar-refractivity contribution in [1.29, 1.82) is 0 Å². The van der Waals surface area contributed by atoms with E-state index in [0.717, 1.165) is 5.56 Å². The number of benzene rings is 1. The van der Waals surface area contributed by atoms with Crippen molar-refractivity contribution >= 4 is 17.5 Å². The van der Waals surface area contributed by atoms with Gasteiger partial charge < -0.3 is 24.4 Å². The topological polar surface area (TPSA) is 90.0 Å². The fourth-order valence-electron chi connectivity index (χ4n) is 4.84. The van der Waals surface area contributed by atoms with Gasteiger partial charge in [-0.3, -0.25) is 14.6 Å². The number of amides is 2. The first kappa shape index (κ1) is 19.6. The Labute approximate surface area is 179 Å². The van der Waals surface area contributed by atoms with E-state index >= 15 is 0 Å². The van der Waals surface area contributed by atoms with Gasteiger partial charge in [-0.05, 0) is 23.8 Å². The summed E-state index contributed by atoms with van der Waals surface area (Å²) >= 11 is 0. The van der Waals surface area contributed by atoms with Gasteiger partial charge in [0.2, 0.25) is 11.8 Å². The minimum absolute atomic E-state index is 0.0717. The van der Waals surface area contributed by atoms with Gasteiger partial charge in [0.05, 0.1) is 44.4 Å². The summed E-state index contributed by atoms with van der Waals surface area (Å²) in [4.78, 5) is 32.5. The maximum absolute atomic E-state index is 13.3. The van der Waals surface area contributed by atoms with Crippen molar-refractivity contribution < 1.29 is 23.8 Å². The van der Waals surface area contributed by atoms with Crippen LogP contribution in [0.4, 0.5) is 5.69 Å². The molecule has 2 aromatic rings. The quantitative estimate of drug-likeness (QED) is 0.718. The first-order chi connectivity index (χ1) is 15.0. The van der Waals surface area contributed by atoms with E-state index in [1.165, 1.54) is 7.11 Å². The Morgan fingerprint density at radius 3 is 2.94 bits per heavy atom. The molecule has 0 radical (unpaired) electrons. The Balaban J connectivity index is 1.38. The average Bonchev–Trinajstić information content (AvgIpc) is 3.43. The molecule has 4 heterocycles. The maximum Gasteiger partial charge on any atom is 0.231 e. The molecule has 3 aliphatic rings. The largest absolute Gasteiger partial charge is 0.497 e. The Hall–Kier alpha value is -3.39. The van der Waals surface area contributed by atoms with Crippen molar-refractivity contribution in [3.63, 3.8) is 0 Å². The highest BCUT2D eigenvalue weighted by Gasteiger charge is 2.66. The molecule has 1 aromatic heterocycles. The molecule has 1 spiro atoms. The van der Waals surface area contributed by atoms with E-state index < -0.39 is 23.5 Å². The van der Waals surface area contributed by atoms with Crippen LogP contribution >= 0.6 is 0 Å². The van der Waals surface area contributed by atoms with Gasteiger partial charge in [0.1, 0.15) is 17.1 Å². The standard InChI is InChI=1S/C23H23N3O5/c1-29-15-5-6-16(18(10-15)30-2)25-21(27)19-17-7-8-23(31-17)13-26(22(28)20(19)23)12-14-4-3-9-24-11-14/h3-11,17,19-20H,12-13H2,1-2H3,(H,25,27)/t17-,19+,20-,23+/m1/s1. The summed E-state index contributed by atoms with van der Waals surface area (Å²) in [5.74, 6) is -0.388. The lowest BCUT2D eigenvalue weighted by Crippen LogP contribution is -2.41. The smallest absolute Gasteiger partial charge is 0.231 e. The first-order valence-electron chi connectivity index (χ1n) is 10.1. The normalized spacial score (nSPS) is 28.0. The summed E-state index contributed by atoms with van der Waals surface area (Å²) in [5.41, 5.74) is 0.706. The molecule has 2 saturated heterocycles. The van der Waals surface area contributed by atoms with Crippen LogP contribution in [0.2, 0.25) is 0 Å². The van der Waals surface area contributed by atoms with Crippen molar-refractivity contribution in [2.24, 2.45) is 11.8 Å². The number of fused-ring (bicyclic) bond motifs is 1. The number of nitrogens with zero attached hydrogens (tertiary/aromatic N) is 2. The van der Waals surface area contributed by atoms with E-state index in [2.05, 4.69) is 10.3 Å². The predicted molar refractivity (Wildman–Crippen MR) is 112 cm³/mol. The summed E-state index contributed by atoms with van der Waals surface area (Å²) in [6.07, 6.45) is 6.87. The lowest BCUT2D eigenvalue weighted by atomic mass is 9.76. The number of methoxy groups -OCH3 is 2. The highest BCUT2D eigenvalue weighted by molar-refractivity contribution is 6.00. The fraction of sp³-hybridized carbons (Fsp3) is 0.348. The van der Waals surface area contributed by atoms with Crippen LogP contribution in [-0.2, 0) is 20.9 Å². The zero-order valence-electron chi connectivity index (χ0n) is 17.3. The minimum Gasteiger partial charge on any atom is -0.497 e. The maximum atomic E-state index is 13.3. The van der Waals surface area contributed by atoms with Gasteiger partial charge in [-0.2, -0.15) is 0 Å². The van der Waals surface area contributed by atoms with E-state index in [1.54, 1.807) is 42.6 Å². The average molecular weight is 421 g/mol. The van der Waals surface area contributed by atoms with E-state index in [1.807, 2.05) is 24.3 Å². The summed E-state index contributed by atoms with van der Waals surface area (Å²) in [6.45, 7) is 0.863. The molecule has 0 saturated carbocycles. The van der Waals surface area contributed by atoms with Gasteiger partial charge in [0.25, 0.3) is 0 Å². The van der Waals surface area contributed by atoms with Crippen molar-refractivity contribution in [2.45, 2.75) is 18.2 Å². The van der Waals surface area contributed by atoms with Gasteiger partial charge >= 0.3 is 0 Å². The second kappa shape index (κ2) is 7.39. The van der Waals surface area contributed by atoms with Gasteiger partial charge in [-0.25, -0.2) is 0 Å². The highest BCUT2D eigenvalue weighted by atomic mass is 16.5. The zero-order valence-corrected chi connectivity index (χ0v) is 17.3. The molecular weight excluding hydrogens is 398 g/mol. The number of hydrogen-bond acceptors (Lipinski definition) is 6. The molecule has 4 atom stereocenters. The molecular formula is C23H23N3O5. The van der Waals surface area contributed by atoms with Crippen LogP contribution in [0.5, 0.6) is 11.5 Å². The number of nitrogens with one attached hydrogen (secondary N) is 1. The number of carbonyl (C=O) groups excluding carboxylic acids is 2. The van der Waals surface area contributed by atoms with Gasteiger partial charge in [-0.15, -0.1) is 0 Å². The molecule has 5 rings (SSSR count). The van der Waals surface area contributed by atoms with Gasteiger partial charge in [0.15, 0.2) is 0 Å². The molecule has 2 fully saturated rings. The fourth-order valence-corrected chi connectivity index (χ4v) is 4.84. The lowest BCUT2D eigenvalue weighted by molar-refractivity contribution is -0.136. The number of anilines is 1. The minimum atomic E-state index is -0.754. The lowest BCUT2D eigenvalue weighted by Gasteiger charge is -2.24. The SMILES string of the molecule is COc1ccc(NC(=O)[C@H]2[C@H]3C=C[C@@]4(CN(Cc5cccnc5)C(=O)[C@@H]24)O3)c(OC)c1. The van der Waals surface area contributed by atoms with Crippen LogP contribution in [0.25, 0.3) is 0 Å². The molecule has 1 aromatic carbocycles.